The van der Waals surface area contributed by atoms with Gasteiger partial charge in [-0.2, -0.15) is 0 Å². The van der Waals surface area contributed by atoms with Crippen molar-refractivity contribution in [2.75, 3.05) is 12.1 Å². The molecule has 1 saturated heterocycles. The van der Waals surface area contributed by atoms with Crippen molar-refractivity contribution >= 4 is 23.2 Å². The molecule has 23 heavy (non-hydrogen) atoms. The molecule has 1 fully saturated rings. The van der Waals surface area contributed by atoms with Crippen LogP contribution < -0.4 is 15.9 Å². The van der Waals surface area contributed by atoms with Crippen LogP contribution in [0.1, 0.15) is 20.8 Å². The number of nitrogens with zero attached hydrogens (tertiary/aromatic N) is 2. The molecule has 0 saturated carbocycles. The van der Waals surface area contributed by atoms with Crippen LogP contribution in [-0.4, -0.2) is 36.3 Å². The topological polar surface area (TPSA) is 92.3 Å². The van der Waals surface area contributed by atoms with Gasteiger partial charge in [0.05, 0.1) is 17.4 Å². The Morgan fingerprint density at radius 1 is 1.35 bits per heavy atom. The van der Waals surface area contributed by atoms with Crippen molar-refractivity contribution in [3.05, 3.63) is 30.3 Å². The number of hydrazine groups is 1. The highest BCUT2D eigenvalue weighted by Crippen LogP contribution is 2.30. The average Bonchev–Trinajstić information content (AvgIpc) is 2.78. The fourth-order valence-corrected chi connectivity index (χ4v) is 2.49. The molecule has 1 aromatic carbocycles. The summed E-state index contributed by atoms with van der Waals surface area (Å²) in [5, 5.41) is 5.21. The fourth-order valence-electron chi connectivity index (χ4n) is 2.49. The van der Waals surface area contributed by atoms with Crippen LogP contribution in [0.25, 0.3) is 0 Å². The van der Waals surface area contributed by atoms with Gasteiger partial charge < -0.3 is 4.84 Å². The van der Waals surface area contributed by atoms with Crippen molar-refractivity contribution in [1.29, 1.82) is 0 Å². The number of carbonyl (C=O) groups excluding carboxylic acids is 2. The molecule has 0 aliphatic carbocycles. The summed E-state index contributed by atoms with van der Waals surface area (Å²) < 4.78 is 0. The van der Waals surface area contributed by atoms with Crippen LogP contribution in [-0.2, 0) is 19.3 Å². The summed E-state index contributed by atoms with van der Waals surface area (Å²) in [5.74, 6) is -0.823. The minimum Gasteiger partial charge on any atom is -0.399 e. The molecular weight excluding hydrogens is 300 g/mol. The third-order valence-electron chi connectivity index (χ3n) is 3.59. The van der Waals surface area contributed by atoms with Gasteiger partial charge in [0.2, 0.25) is 11.5 Å². The van der Waals surface area contributed by atoms with Crippen LogP contribution in [0.5, 0.6) is 0 Å². The van der Waals surface area contributed by atoms with Gasteiger partial charge in [0, 0.05) is 6.92 Å². The monoisotopic (exact) mass is 320 g/mol. The first-order valence-corrected chi connectivity index (χ1v) is 7.12. The van der Waals surface area contributed by atoms with Crippen LogP contribution in [0, 0.1) is 0 Å². The Morgan fingerprint density at radius 2 is 2.00 bits per heavy atom. The molecule has 2 amide bonds. The quantitative estimate of drug-likeness (QED) is 0.617. The number of carbonyl (C=O) groups is 2. The number of amides is 2. The molecular formula is C15H20N4O4. The Hall–Kier alpha value is -2.45. The molecule has 1 heterocycles. The number of hydroxylamine groups is 1. The number of anilines is 1. The summed E-state index contributed by atoms with van der Waals surface area (Å²) in [4.78, 5) is 34.5. The molecule has 8 nitrogen and oxygen atoms in total. The Morgan fingerprint density at radius 3 is 2.57 bits per heavy atom. The number of benzene rings is 1. The normalized spacial score (nSPS) is 24.7. The summed E-state index contributed by atoms with van der Waals surface area (Å²) in [7, 11) is 1.38. The van der Waals surface area contributed by atoms with Crippen LogP contribution in [0.2, 0.25) is 0 Å². The molecule has 1 aromatic rings. The minimum absolute atomic E-state index is 0.289. The van der Waals surface area contributed by atoms with Crippen LogP contribution >= 0.6 is 0 Å². The second-order valence-corrected chi connectivity index (χ2v) is 5.18. The first-order chi connectivity index (χ1) is 10.9. The third-order valence-corrected chi connectivity index (χ3v) is 3.59. The van der Waals surface area contributed by atoms with Crippen molar-refractivity contribution in [3.63, 3.8) is 0 Å². The van der Waals surface area contributed by atoms with E-state index in [4.69, 9.17) is 9.68 Å². The second kappa shape index (κ2) is 6.76. The van der Waals surface area contributed by atoms with Gasteiger partial charge in [0.1, 0.15) is 7.11 Å². The lowest BCUT2D eigenvalue weighted by molar-refractivity contribution is -0.151. The molecule has 0 aromatic heterocycles. The van der Waals surface area contributed by atoms with E-state index in [1.807, 2.05) is 18.2 Å². The summed E-state index contributed by atoms with van der Waals surface area (Å²) in [6.45, 7) is 4.66. The van der Waals surface area contributed by atoms with Crippen molar-refractivity contribution in [3.8, 4) is 0 Å². The maximum absolute atomic E-state index is 13.0. The maximum atomic E-state index is 13.0. The average molecular weight is 320 g/mol. The standard InChI is InChI=1S/C15H20N4O4/c1-10-15(11(2)17-22-4,23-18-12(3)20)14(21)19(16-10)13-8-6-5-7-9-13/h5-10,16H,1-4H3,(H,18,20)/b17-11+. The molecule has 2 atom stereocenters. The highest BCUT2D eigenvalue weighted by Gasteiger charge is 2.58. The lowest BCUT2D eigenvalue weighted by Gasteiger charge is -2.28. The van der Waals surface area contributed by atoms with E-state index in [0.29, 0.717) is 5.69 Å². The second-order valence-electron chi connectivity index (χ2n) is 5.18. The van der Waals surface area contributed by atoms with E-state index >= 15 is 0 Å². The number of hydrogen-bond donors (Lipinski definition) is 2. The molecule has 2 unspecified atom stereocenters. The molecule has 2 N–H and O–H groups in total. The predicted molar refractivity (Wildman–Crippen MR) is 84.3 cm³/mol. The summed E-state index contributed by atoms with van der Waals surface area (Å²) in [5.41, 5.74) is 4.72. The zero-order valence-electron chi connectivity index (χ0n) is 13.5. The minimum atomic E-state index is -1.50. The summed E-state index contributed by atoms with van der Waals surface area (Å²) in [6.07, 6.45) is 0. The van der Waals surface area contributed by atoms with Gasteiger partial charge in [-0.3, -0.25) is 9.59 Å². The Kier molecular flexibility index (Phi) is 4.97. The van der Waals surface area contributed by atoms with Gasteiger partial charge in [0.25, 0.3) is 5.91 Å². The lowest BCUT2D eigenvalue weighted by atomic mass is 9.91. The van der Waals surface area contributed by atoms with E-state index in [0.717, 1.165) is 0 Å². The lowest BCUT2D eigenvalue weighted by Crippen LogP contribution is -2.57. The van der Waals surface area contributed by atoms with E-state index in [1.165, 1.54) is 19.0 Å². The van der Waals surface area contributed by atoms with Crippen LogP contribution in [0.4, 0.5) is 5.69 Å². The molecule has 0 bridgehead atoms. The van der Waals surface area contributed by atoms with Crippen LogP contribution in [0.15, 0.2) is 35.5 Å². The molecule has 8 heteroatoms. The highest BCUT2D eigenvalue weighted by molar-refractivity contribution is 6.18. The molecule has 0 radical (unpaired) electrons. The molecule has 0 spiro atoms. The Bertz CT molecular complexity index is 619. The highest BCUT2D eigenvalue weighted by atomic mass is 16.7. The number of rotatable bonds is 5. The van der Waals surface area contributed by atoms with Gasteiger partial charge in [-0.15, -0.1) is 0 Å². The van der Waals surface area contributed by atoms with E-state index in [-0.39, 0.29) is 5.71 Å². The van der Waals surface area contributed by atoms with Gasteiger partial charge in [-0.25, -0.2) is 20.8 Å². The SMILES string of the molecule is CO/N=C(\C)C1(ONC(C)=O)C(=O)N(c2ccccc2)NC1C. The molecule has 1 aliphatic heterocycles. The van der Waals surface area contributed by atoms with E-state index < -0.39 is 23.5 Å². The number of oxime groups is 1. The van der Waals surface area contributed by atoms with Crippen LogP contribution in [0.3, 0.4) is 0 Å². The van der Waals surface area contributed by atoms with Crippen molar-refractivity contribution in [1.82, 2.24) is 10.9 Å². The fraction of sp³-hybridized carbons (Fsp3) is 0.400. The third kappa shape index (κ3) is 3.03. The number of para-hydroxylation sites is 1. The summed E-state index contributed by atoms with van der Waals surface area (Å²) >= 11 is 0. The number of hydrogen-bond acceptors (Lipinski definition) is 6. The first-order valence-electron chi connectivity index (χ1n) is 7.12. The largest absolute Gasteiger partial charge is 0.399 e. The predicted octanol–water partition coefficient (Wildman–Crippen LogP) is 0.755. The van der Waals surface area contributed by atoms with Crippen molar-refractivity contribution in [2.45, 2.75) is 32.4 Å². The van der Waals surface area contributed by atoms with Gasteiger partial charge >= 0.3 is 0 Å². The first kappa shape index (κ1) is 16.9. The zero-order chi connectivity index (χ0) is 17.0. The molecule has 1 aliphatic rings. The summed E-state index contributed by atoms with van der Waals surface area (Å²) in [6, 6.07) is 8.58. The van der Waals surface area contributed by atoms with Gasteiger partial charge in [-0.05, 0) is 26.0 Å². The van der Waals surface area contributed by atoms with Crippen molar-refractivity contribution < 1.29 is 19.3 Å². The smallest absolute Gasteiger partial charge is 0.284 e. The Labute approximate surface area is 134 Å². The van der Waals surface area contributed by atoms with Gasteiger partial charge in [-0.1, -0.05) is 23.4 Å². The molecule has 2 rings (SSSR count). The number of nitrogens with one attached hydrogen (secondary N) is 2. The molecule has 124 valence electrons. The van der Waals surface area contributed by atoms with E-state index in [9.17, 15) is 9.59 Å². The Balaban J connectivity index is 2.42. The maximum Gasteiger partial charge on any atom is 0.284 e. The van der Waals surface area contributed by atoms with E-state index in [2.05, 4.69) is 16.1 Å². The van der Waals surface area contributed by atoms with Crippen molar-refractivity contribution in [2.24, 2.45) is 5.16 Å². The van der Waals surface area contributed by atoms with Gasteiger partial charge in [0.15, 0.2) is 0 Å². The zero-order valence-corrected chi connectivity index (χ0v) is 13.5. The van der Waals surface area contributed by atoms with E-state index in [1.54, 1.807) is 26.0 Å².